The largest absolute Gasteiger partial charge is 0.502 e. The highest BCUT2D eigenvalue weighted by molar-refractivity contribution is 5.86. The molecule has 108 valence electrons. The number of allylic oxidation sites excluding steroid dienone is 1. The molecule has 0 aliphatic heterocycles. The van der Waals surface area contributed by atoms with Gasteiger partial charge in [-0.05, 0) is 24.3 Å². The monoisotopic (exact) mass is 290 g/mol. The lowest BCUT2D eigenvalue weighted by atomic mass is 10.3. The Hall–Kier alpha value is -2.58. The first-order valence-electron chi connectivity index (χ1n) is 5.05. The van der Waals surface area contributed by atoms with E-state index in [9.17, 15) is 18.0 Å². The molecule has 0 spiro atoms. The van der Waals surface area contributed by atoms with Crippen LogP contribution in [0.15, 0.2) is 46.0 Å². The van der Waals surface area contributed by atoms with E-state index in [0.717, 1.165) is 0 Å². The molecule has 6 nitrogen and oxygen atoms in total. The van der Waals surface area contributed by atoms with Crippen molar-refractivity contribution in [3.05, 3.63) is 35.7 Å². The first-order valence-corrected chi connectivity index (χ1v) is 5.05. The summed E-state index contributed by atoms with van der Waals surface area (Å²) in [5, 5.41) is 23.6. The molecule has 0 saturated carbocycles. The number of halogens is 3. The van der Waals surface area contributed by atoms with Crippen LogP contribution in [0.2, 0.25) is 0 Å². The van der Waals surface area contributed by atoms with E-state index in [2.05, 4.69) is 10.2 Å². The maximum atomic E-state index is 12.2. The number of methoxy groups -OCH3 is 1. The van der Waals surface area contributed by atoms with Crippen LogP contribution < -0.4 is 4.74 Å². The number of benzene rings is 1. The number of azo groups is 1. The Balaban J connectivity index is 3.07. The number of aliphatic carboxylic acids is 1. The lowest BCUT2D eigenvalue weighted by Gasteiger charge is -2.05. The molecule has 1 rings (SSSR count). The van der Waals surface area contributed by atoms with Gasteiger partial charge in [0.05, 0.1) is 12.8 Å². The van der Waals surface area contributed by atoms with E-state index in [1.54, 1.807) is 0 Å². The zero-order chi connectivity index (χ0) is 15.3. The van der Waals surface area contributed by atoms with Gasteiger partial charge in [0.2, 0.25) is 11.5 Å². The highest BCUT2D eigenvalue weighted by Gasteiger charge is 2.39. The van der Waals surface area contributed by atoms with Crippen molar-refractivity contribution < 1.29 is 32.9 Å². The molecule has 20 heavy (non-hydrogen) atoms. The van der Waals surface area contributed by atoms with Crippen LogP contribution in [0.4, 0.5) is 18.9 Å². The van der Waals surface area contributed by atoms with Gasteiger partial charge in [0.25, 0.3) is 0 Å². The maximum absolute atomic E-state index is 12.2. The lowest BCUT2D eigenvalue weighted by Crippen LogP contribution is -2.16. The lowest BCUT2D eigenvalue weighted by molar-refractivity contribution is -0.138. The Bertz CT molecular complexity index is 550. The van der Waals surface area contributed by atoms with Crippen molar-refractivity contribution in [3.63, 3.8) is 0 Å². The normalized spacial score (nSPS) is 13.2. The molecule has 0 aliphatic rings. The second kappa shape index (κ2) is 6.04. The van der Waals surface area contributed by atoms with E-state index in [1.165, 1.54) is 31.4 Å². The van der Waals surface area contributed by atoms with Crippen molar-refractivity contribution >= 4 is 11.7 Å². The van der Waals surface area contributed by atoms with Gasteiger partial charge < -0.3 is 14.9 Å². The highest BCUT2D eigenvalue weighted by atomic mass is 19.4. The molecule has 0 aliphatic carbocycles. The van der Waals surface area contributed by atoms with Gasteiger partial charge in [0, 0.05) is 0 Å². The molecule has 0 amide bonds. The van der Waals surface area contributed by atoms with Gasteiger partial charge in [-0.2, -0.15) is 18.3 Å². The average Bonchev–Trinajstić information content (AvgIpc) is 2.38. The summed E-state index contributed by atoms with van der Waals surface area (Å²) in [7, 11) is 1.42. The fourth-order valence-electron chi connectivity index (χ4n) is 1.08. The van der Waals surface area contributed by atoms with Crippen molar-refractivity contribution in [2.45, 2.75) is 6.18 Å². The summed E-state index contributed by atoms with van der Waals surface area (Å²) in [4.78, 5) is 10.6. The molecular weight excluding hydrogens is 281 g/mol. The van der Waals surface area contributed by atoms with Crippen molar-refractivity contribution in [2.24, 2.45) is 10.2 Å². The molecule has 0 saturated heterocycles. The predicted molar refractivity (Wildman–Crippen MR) is 60.9 cm³/mol. The third-order valence-corrected chi connectivity index (χ3v) is 2.03. The van der Waals surface area contributed by atoms with Gasteiger partial charge in [-0.25, -0.2) is 4.79 Å². The minimum Gasteiger partial charge on any atom is -0.502 e. The Morgan fingerprint density at radius 3 is 2.15 bits per heavy atom. The van der Waals surface area contributed by atoms with E-state index < -0.39 is 23.6 Å². The van der Waals surface area contributed by atoms with Gasteiger partial charge in [0.15, 0.2) is 0 Å². The molecular formula is C11H9F3N2O4. The number of rotatable bonds is 4. The molecule has 0 heterocycles. The zero-order valence-electron chi connectivity index (χ0n) is 10.0. The second-order valence-corrected chi connectivity index (χ2v) is 3.40. The van der Waals surface area contributed by atoms with Crippen LogP contribution in [-0.4, -0.2) is 29.5 Å². The summed E-state index contributed by atoms with van der Waals surface area (Å²) in [6.07, 6.45) is -5.22. The number of ether oxygens (including phenoxy) is 1. The van der Waals surface area contributed by atoms with Crippen molar-refractivity contribution in [1.29, 1.82) is 0 Å². The number of nitrogens with zero attached hydrogens (tertiary/aromatic N) is 2. The number of carbonyl (C=O) groups is 1. The minimum absolute atomic E-state index is 0.0968. The molecule has 0 radical (unpaired) electrons. The third kappa shape index (κ3) is 3.97. The molecule has 2 N–H and O–H groups in total. The molecule has 1 aromatic carbocycles. The van der Waals surface area contributed by atoms with Crippen LogP contribution in [0.3, 0.4) is 0 Å². The standard InChI is InChI=1S/C11H9F3N2O4/c1-20-7-4-2-6(3-5-7)15-16-8(10(18)19)9(17)11(12,13)14/h2-5,17H,1H3,(H,18,19)/b9-8+,16-15?. The zero-order valence-corrected chi connectivity index (χ0v) is 10.0. The van der Waals surface area contributed by atoms with E-state index in [0.29, 0.717) is 5.75 Å². The fourth-order valence-corrected chi connectivity index (χ4v) is 1.08. The van der Waals surface area contributed by atoms with Crippen LogP contribution in [0.25, 0.3) is 0 Å². The summed E-state index contributed by atoms with van der Waals surface area (Å²) in [5.41, 5.74) is -1.49. The number of hydrogen-bond donors (Lipinski definition) is 2. The molecule has 0 atom stereocenters. The number of aliphatic hydroxyl groups is 1. The van der Waals surface area contributed by atoms with Crippen LogP contribution in [0.5, 0.6) is 5.75 Å². The topological polar surface area (TPSA) is 91.5 Å². The average molecular weight is 290 g/mol. The second-order valence-electron chi connectivity index (χ2n) is 3.40. The summed E-state index contributed by atoms with van der Waals surface area (Å²) in [6.45, 7) is 0. The van der Waals surface area contributed by atoms with E-state index in [4.69, 9.17) is 14.9 Å². The van der Waals surface area contributed by atoms with Crippen molar-refractivity contribution in [1.82, 2.24) is 0 Å². The SMILES string of the molecule is COc1ccc(N=N/C(C(=O)O)=C(/O)C(F)(F)F)cc1. The number of carboxylic acid groups (broad SMARTS) is 1. The number of alkyl halides is 3. The van der Waals surface area contributed by atoms with E-state index >= 15 is 0 Å². The van der Waals surface area contributed by atoms with Crippen molar-refractivity contribution in [2.75, 3.05) is 7.11 Å². The minimum atomic E-state index is -5.22. The molecule has 0 fully saturated rings. The Morgan fingerprint density at radius 1 is 1.20 bits per heavy atom. The Labute approximate surface area is 110 Å². The van der Waals surface area contributed by atoms with E-state index in [-0.39, 0.29) is 5.69 Å². The molecule has 9 heteroatoms. The maximum Gasteiger partial charge on any atom is 0.451 e. The highest BCUT2D eigenvalue weighted by Crippen LogP contribution is 2.27. The molecule has 0 aromatic heterocycles. The van der Waals surface area contributed by atoms with Crippen LogP contribution in [0, 0.1) is 0 Å². The first-order chi connectivity index (χ1) is 9.25. The summed E-state index contributed by atoms with van der Waals surface area (Å²) >= 11 is 0. The molecule has 0 bridgehead atoms. The number of aliphatic hydroxyl groups excluding tert-OH is 1. The number of carboxylic acids is 1. The van der Waals surface area contributed by atoms with Crippen LogP contribution in [0.1, 0.15) is 0 Å². The summed E-state index contributed by atoms with van der Waals surface area (Å²) in [5.74, 6) is -3.88. The van der Waals surface area contributed by atoms with Gasteiger partial charge >= 0.3 is 12.1 Å². The van der Waals surface area contributed by atoms with Crippen molar-refractivity contribution in [3.8, 4) is 5.75 Å². The van der Waals surface area contributed by atoms with Gasteiger partial charge in [0.1, 0.15) is 5.75 Å². The Morgan fingerprint density at radius 2 is 1.75 bits per heavy atom. The third-order valence-electron chi connectivity index (χ3n) is 2.03. The summed E-state index contributed by atoms with van der Waals surface area (Å²) < 4.78 is 41.4. The summed E-state index contributed by atoms with van der Waals surface area (Å²) in [6, 6.07) is 5.63. The molecule has 1 aromatic rings. The molecule has 0 unspecified atom stereocenters. The van der Waals surface area contributed by atoms with Crippen LogP contribution >= 0.6 is 0 Å². The van der Waals surface area contributed by atoms with Gasteiger partial charge in [-0.1, -0.05) is 0 Å². The number of hydrogen-bond acceptors (Lipinski definition) is 5. The van der Waals surface area contributed by atoms with Gasteiger partial charge in [-0.15, -0.1) is 5.11 Å². The quantitative estimate of drug-likeness (QED) is 0.506. The Kier molecular flexibility index (Phi) is 4.68. The van der Waals surface area contributed by atoms with Gasteiger partial charge in [-0.3, -0.25) is 0 Å². The van der Waals surface area contributed by atoms with Crippen LogP contribution in [-0.2, 0) is 4.79 Å². The smallest absolute Gasteiger partial charge is 0.451 e. The predicted octanol–water partition coefficient (Wildman–Crippen LogP) is 3.20. The van der Waals surface area contributed by atoms with E-state index in [1.807, 2.05) is 0 Å². The fraction of sp³-hybridized carbons (Fsp3) is 0.182. The first kappa shape index (κ1) is 15.5.